The molecule has 2 aliphatic heterocycles. The summed E-state index contributed by atoms with van der Waals surface area (Å²) in [5.41, 5.74) is 1.54. The van der Waals surface area contributed by atoms with Crippen molar-refractivity contribution in [3.05, 3.63) is 70.2 Å². The number of likely N-dealkylation sites (tertiary alicyclic amines) is 1. The minimum absolute atomic E-state index is 0.00620. The molecule has 1 N–H and O–H groups in total. The zero-order chi connectivity index (χ0) is 29.3. The van der Waals surface area contributed by atoms with Crippen LogP contribution in [0.3, 0.4) is 0 Å². The Bertz CT molecular complexity index is 1500. The van der Waals surface area contributed by atoms with Gasteiger partial charge in [-0.05, 0) is 49.1 Å². The highest BCUT2D eigenvalue weighted by molar-refractivity contribution is 9.10. The number of anilines is 1. The molecule has 0 bridgehead atoms. The fraction of sp³-hybridized carbons (Fsp3) is 0.379. The first-order chi connectivity index (χ1) is 19.6. The third kappa shape index (κ3) is 4.01. The fourth-order valence-electron chi connectivity index (χ4n) is 6.95. The molecule has 2 aliphatic carbocycles. The minimum atomic E-state index is -1.93. The minimum Gasteiger partial charge on any atom is -0.491 e. The van der Waals surface area contributed by atoms with Crippen LogP contribution in [-0.2, 0) is 19.2 Å². The van der Waals surface area contributed by atoms with Crippen molar-refractivity contribution in [1.29, 1.82) is 0 Å². The molecule has 6 unspecified atom stereocenters. The Morgan fingerprint density at radius 3 is 2.37 bits per heavy atom. The Hall–Kier alpha value is -2.24. The predicted octanol–water partition coefficient (Wildman–Crippen LogP) is 4.74. The monoisotopic (exact) mass is 724 g/mol. The molecule has 214 valence electrons. The van der Waals surface area contributed by atoms with Gasteiger partial charge in [-0.1, -0.05) is 61.7 Å². The van der Waals surface area contributed by atoms with Crippen LogP contribution in [0.1, 0.15) is 24.3 Å². The van der Waals surface area contributed by atoms with E-state index >= 15 is 0 Å². The maximum absolute atomic E-state index is 14.1. The number of allylic oxidation sites excluding steroid dienone is 2. The molecular weight excluding hydrogens is 703 g/mol. The van der Waals surface area contributed by atoms with E-state index in [4.69, 9.17) is 27.9 Å². The number of hydrogen-bond donors (Lipinski definition) is 1. The second-order valence-electron chi connectivity index (χ2n) is 10.6. The number of rotatable bonds is 6. The zero-order valence-corrected chi connectivity index (χ0v) is 26.1. The number of benzene rings is 2. The normalized spacial score (nSPS) is 32.6. The molecule has 6 atom stereocenters. The van der Waals surface area contributed by atoms with Crippen molar-refractivity contribution in [3.63, 3.8) is 0 Å². The van der Waals surface area contributed by atoms with Crippen LogP contribution >= 0.6 is 55.1 Å². The lowest BCUT2D eigenvalue weighted by Crippen LogP contribution is -2.60. The molecule has 0 aromatic heterocycles. The summed E-state index contributed by atoms with van der Waals surface area (Å²) >= 11 is 21.2. The summed E-state index contributed by atoms with van der Waals surface area (Å²) in [6.07, 6.45) is 2.05. The summed E-state index contributed by atoms with van der Waals surface area (Å²) < 4.78 is 6.65. The Balaban J connectivity index is 1.52. The van der Waals surface area contributed by atoms with E-state index in [-0.39, 0.29) is 43.3 Å². The molecule has 12 heteroatoms. The van der Waals surface area contributed by atoms with Gasteiger partial charge in [0.1, 0.15) is 12.4 Å². The third-order valence-electron chi connectivity index (χ3n) is 8.68. The zero-order valence-electron chi connectivity index (χ0n) is 21.4. The van der Waals surface area contributed by atoms with Gasteiger partial charge in [-0.3, -0.25) is 29.0 Å². The highest BCUT2D eigenvalue weighted by Gasteiger charge is 2.76. The summed E-state index contributed by atoms with van der Waals surface area (Å²) in [4.78, 5) is 53.8. The van der Waals surface area contributed by atoms with E-state index in [1.807, 2.05) is 6.08 Å². The van der Waals surface area contributed by atoms with Gasteiger partial charge < -0.3 is 9.84 Å². The molecule has 6 rings (SSSR count). The number of fused-ring (bicyclic) bond motifs is 4. The molecule has 0 spiro atoms. The van der Waals surface area contributed by atoms with Crippen molar-refractivity contribution in [2.45, 2.75) is 28.5 Å². The number of para-hydroxylation sites is 1. The molecule has 2 aromatic carbocycles. The fourth-order valence-corrected chi connectivity index (χ4v) is 8.63. The summed E-state index contributed by atoms with van der Waals surface area (Å²) in [6, 6.07) is 13.9. The number of hydrogen-bond acceptors (Lipinski definition) is 6. The number of aliphatic hydroxyl groups excluding tert-OH is 1. The van der Waals surface area contributed by atoms with Crippen LogP contribution in [-0.4, -0.2) is 62.1 Å². The number of carbonyl (C=O) groups is 4. The molecule has 4 aliphatic rings. The summed E-state index contributed by atoms with van der Waals surface area (Å²) in [5.74, 6) is -4.65. The Kier molecular flexibility index (Phi) is 7.38. The van der Waals surface area contributed by atoms with Crippen LogP contribution in [0.5, 0.6) is 5.75 Å². The van der Waals surface area contributed by atoms with Crippen molar-refractivity contribution in [2.24, 2.45) is 17.8 Å². The first-order valence-electron chi connectivity index (χ1n) is 13.1. The highest BCUT2D eigenvalue weighted by Crippen LogP contribution is 2.66. The smallest absolute Gasteiger partial charge is 0.254 e. The average molecular weight is 727 g/mol. The molecule has 2 aromatic rings. The van der Waals surface area contributed by atoms with Crippen molar-refractivity contribution < 1.29 is 29.0 Å². The van der Waals surface area contributed by atoms with Crippen molar-refractivity contribution >= 4 is 84.4 Å². The molecular formula is C29H24Br2Cl2N2O6. The Morgan fingerprint density at radius 2 is 1.68 bits per heavy atom. The number of nitrogens with zero attached hydrogens (tertiary/aromatic N) is 2. The lowest BCUT2D eigenvalue weighted by Gasteiger charge is -2.51. The highest BCUT2D eigenvalue weighted by atomic mass is 79.9. The molecule has 3 fully saturated rings. The maximum atomic E-state index is 14.1. The first-order valence-corrected chi connectivity index (χ1v) is 15.7. The molecule has 0 radical (unpaired) electrons. The number of imide groups is 2. The second-order valence-corrected chi connectivity index (χ2v) is 13.2. The van der Waals surface area contributed by atoms with Gasteiger partial charge in [-0.25, -0.2) is 0 Å². The van der Waals surface area contributed by atoms with Crippen LogP contribution in [0.15, 0.2) is 64.7 Å². The number of halogens is 4. The second kappa shape index (κ2) is 10.5. The summed E-state index contributed by atoms with van der Waals surface area (Å²) in [6.45, 7) is -0.245. The lowest BCUT2D eigenvalue weighted by molar-refractivity contribution is -0.138. The molecule has 41 heavy (non-hydrogen) atoms. The van der Waals surface area contributed by atoms with Crippen LogP contribution in [0, 0.1) is 17.8 Å². The number of amides is 4. The van der Waals surface area contributed by atoms with E-state index in [1.165, 1.54) is 4.90 Å². The van der Waals surface area contributed by atoms with Crippen LogP contribution in [0.4, 0.5) is 5.69 Å². The predicted molar refractivity (Wildman–Crippen MR) is 159 cm³/mol. The van der Waals surface area contributed by atoms with Gasteiger partial charge in [0.2, 0.25) is 11.8 Å². The quantitative estimate of drug-likeness (QED) is 0.200. The van der Waals surface area contributed by atoms with Gasteiger partial charge in [0, 0.05) is 16.0 Å². The van der Waals surface area contributed by atoms with Gasteiger partial charge >= 0.3 is 0 Å². The van der Waals surface area contributed by atoms with Crippen molar-refractivity contribution in [2.75, 3.05) is 23.6 Å². The maximum Gasteiger partial charge on any atom is 0.254 e. The third-order valence-corrected chi connectivity index (χ3v) is 11.1. The SMILES string of the molecule is O=C1C2CC=C3C(CC4(Cl)C(=O)N(CBr)C(=O)C4(Cl)C3c3ccccc3OCCO)C2C(=O)N1c1ccc(Br)cc1. The van der Waals surface area contributed by atoms with E-state index in [2.05, 4.69) is 31.9 Å². The van der Waals surface area contributed by atoms with Crippen molar-refractivity contribution in [1.82, 2.24) is 4.90 Å². The van der Waals surface area contributed by atoms with Gasteiger partial charge in [0.05, 0.1) is 29.6 Å². The van der Waals surface area contributed by atoms with Gasteiger partial charge in [0.25, 0.3) is 11.8 Å². The average Bonchev–Trinajstić information content (AvgIpc) is 3.30. The Labute approximate surface area is 262 Å². The van der Waals surface area contributed by atoms with Gasteiger partial charge in [0.15, 0.2) is 9.75 Å². The molecule has 4 amide bonds. The molecule has 8 nitrogen and oxygen atoms in total. The lowest BCUT2D eigenvalue weighted by atomic mass is 9.56. The van der Waals surface area contributed by atoms with Crippen LogP contribution in [0.25, 0.3) is 0 Å². The standard InChI is InChI=1S/C29H24Br2Cl2N2O6/c30-14-34-26(39)28(32)13-20-17(23(29(28,33)27(34)40)18-3-1-2-4-21(18)41-12-11-36)9-10-19-22(20)25(38)35(24(19)37)16-7-5-15(31)6-8-16/h1-9,19-20,22-23,36H,10-14H2. The summed E-state index contributed by atoms with van der Waals surface area (Å²) in [7, 11) is 0. The number of carbonyl (C=O) groups excluding carboxylic acids is 4. The van der Waals surface area contributed by atoms with Gasteiger partial charge in [-0.2, -0.15) is 0 Å². The molecule has 2 heterocycles. The largest absolute Gasteiger partial charge is 0.491 e. The van der Waals surface area contributed by atoms with E-state index in [0.717, 1.165) is 9.37 Å². The van der Waals surface area contributed by atoms with E-state index in [1.54, 1.807) is 48.5 Å². The van der Waals surface area contributed by atoms with E-state index in [0.29, 0.717) is 22.6 Å². The van der Waals surface area contributed by atoms with Crippen LogP contribution in [0.2, 0.25) is 0 Å². The number of aliphatic hydroxyl groups is 1. The van der Waals surface area contributed by atoms with Gasteiger partial charge in [-0.15, -0.1) is 23.2 Å². The topological polar surface area (TPSA) is 104 Å². The van der Waals surface area contributed by atoms with E-state index in [9.17, 15) is 24.3 Å². The Morgan fingerprint density at radius 1 is 0.976 bits per heavy atom. The first kappa shape index (κ1) is 28.9. The van der Waals surface area contributed by atoms with E-state index < -0.39 is 45.2 Å². The molecule has 1 saturated carbocycles. The summed E-state index contributed by atoms with van der Waals surface area (Å²) in [5, 5.41) is 9.42. The van der Waals surface area contributed by atoms with Crippen LogP contribution < -0.4 is 9.64 Å². The molecule has 2 saturated heterocycles. The van der Waals surface area contributed by atoms with Crippen molar-refractivity contribution in [3.8, 4) is 5.75 Å². The number of ether oxygens (including phenoxy) is 1. The number of alkyl halides is 3.